The predicted octanol–water partition coefficient (Wildman–Crippen LogP) is 2.76. The molecule has 0 radical (unpaired) electrons. The molecule has 0 bridgehead atoms. The fraction of sp³-hybridized carbons (Fsp3) is 0.588. The molecule has 1 aliphatic rings. The summed E-state index contributed by atoms with van der Waals surface area (Å²) < 4.78 is 0. The number of hydroxylamine groups is 1. The Hall–Kier alpha value is -1.41. The summed E-state index contributed by atoms with van der Waals surface area (Å²) in [6, 6.07) is 0.271. The fourth-order valence-electron chi connectivity index (χ4n) is 3.17. The monoisotopic (exact) mass is 405 g/mol. The molecule has 1 atom stereocenters. The van der Waals surface area contributed by atoms with Gasteiger partial charge in [0.2, 0.25) is 0 Å². The zero-order chi connectivity index (χ0) is 17.4. The van der Waals surface area contributed by atoms with Crippen molar-refractivity contribution in [2.75, 3.05) is 25.5 Å². The molecular weight excluding hydrogens is 377 g/mol. The van der Waals surface area contributed by atoms with E-state index in [-0.39, 0.29) is 30.9 Å². The number of amides is 1. The van der Waals surface area contributed by atoms with Gasteiger partial charge in [0.25, 0.3) is 5.91 Å². The number of nitrogens with zero attached hydrogens (tertiary/aromatic N) is 3. The second-order valence-corrected chi connectivity index (χ2v) is 6.55. The normalized spacial score (nSPS) is 15.4. The molecule has 0 aliphatic heterocycles. The van der Waals surface area contributed by atoms with Crippen LogP contribution in [0.1, 0.15) is 38.3 Å². The van der Waals surface area contributed by atoms with E-state index in [1.54, 1.807) is 12.4 Å². The van der Waals surface area contributed by atoms with E-state index < -0.39 is 5.91 Å². The Kier molecular flexibility index (Phi) is 12.2. The van der Waals surface area contributed by atoms with Gasteiger partial charge in [-0.1, -0.05) is 12.8 Å². The van der Waals surface area contributed by atoms with Crippen molar-refractivity contribution >= 4 is 42.6 Å². The van der Waals surface area contributed by atoms with Crippen LogP contribution in [0.25, 0.3) is 6.08 Å². The fourth-order valence-corrected chi connectivity index (χ4v) is 3.17. The van der Waals surface area contributed by atoms with Crippen LogP contribution >= 0.6 is 24.8 Å². The number of carbonyl (C=O) groups is 1. The number of hydrogen-bond donors (Lipinski definition) is 3. The lowest BCUT2D eigenvalue weighted by molar-refractivity contribution is -0.124. The summed E-state index contributed by atoms with van der Waals surface area (Å²) in [6.45, 7) is 4.25. The minimum Gasteiger partial charge on any atom is -0.365 e. The quantitative estimate of drug-likeness (QED) is 0.350. The van der Waals surface area contributed by atoms with E-state index in [2.05, 4.69) is 34.2 Å². The van der Waals surface area contributed by atoms with Crippen molar-refractivity contribution in [2.24, 2.45) is 5.92 Å². The summed E-state index contributed by atoms with van der Waals surface area (Å²) in [5.41, 5.74) is 2.08. The highest BCUT2D eigenvalue weighted by Gasteiger charge is 2.17. The number of nitrogens with one attached hydrogen (secondary N) is 2. The van der Waals surface area contributed by atoms with Crippen molar-refractivity contribution in [2.45, 2.75) is 38.6 Å². The predicted molar refractivity (Wildman–Crippen MR) is 108 cm³/mol. The molecule has 1 aromatic rings. The minimum absolute atomic E-state index is 0. The van der Waals surface area contributed by atoms with Crippen molar-refractivity contribution in [3.05, 3.63) is 24.2 Å². The lowest BCUT2D eigenvalue weighted by Crippen LogP contribution is -2.35. The van der Waals surface area contributed by atoms with Crippen LogP contribution in [0.2, 0.25) is 0 Å². The summed E-state index contributed by atoms with van der Waals surface area (Å²) >= 11 is 0. The molecule has 1 heterocycles. The molecule has 0 unspecified atom stereocenters. The van der Waals surface area contributed by atoms with E-state index in [1.165, 1.54) is 43.3 Å². The summed E-state index contributed by atoms with van der Waals surface area (Å²) in [7, 11) is 2.17. The lowest BCUT2D eigenvalue weighted by Gasteiger charge is -2.25. The minimum atomic E-state index is -0.599. The molecule has 1 saturated carbocycles. The summed E-state index contributed by atoms with van der Waals surface area (Å²) in [5.74, 6) is 0.961. The van der Waals surface area contributed by atoms with Gasteiger partial charge in [-0.3, -0.25) is 15.0 Å². The van der Waals surface area contributed by atoms with E-state index in [0.29, 0.717) is 11.5 Å². The standard InChI is InChI=1S/C17H27N5O2.2ClH/c1-13(11-22(2)12-14-5-3-4-6-14)20-16-10-18-15(9-19-16)7-8-17(23)21-24;;/h7-10,13-14,24H,3-6,11-12H2,1-2H3,(H,19,20)(H,21,23);2*1H/b8-7+;;/t13-;;/m1../s1. The third-order valence-electron chi connectivity index (χ3n) is 4.21. The van der Waals surface area contributed by atoms with Gasteiger partial charge in [-0.05, 0) is 38.8 Å². The first-order valence-corrected chi connectivity index (χ1v) is 8.46. The Morgan fingerprint density at radius 3 is 2.62 bits per heavy atom. The number of anilines is 1. The first-order valence-electron chi connectivity index (χ1n) is 8.46. The number of aromatic nitrogens is 2. The Balaban J connectivity index is 0.00000312. The zero-order valence-corrected chi connectivity index (χ0v) is 16.9. The van der Waals surface area contributed by atoms with E-state index in [9.17, 15) is 4.79 Å². The van der Waals surface area contributed by atoms with Crippen molar-refractivity contribution in [1.29, 1.82) is 0 Å². The molecule has 26 heavy (non-hydrogen) atoms. The van der Waals surface area contributed by atoms with Crippen LogP contribution < -0.4 is 10.8 Å². The Bertz CT molecular complexity index is 551. The van der Waals surface area contributed by atoms with Crippen LogP contribution in [-0.4, -0.2) is 52.2 Å². The third kappa shape index (κ3) is 8.80. The molecule has 3 N–H and O–H groups in total. The maximum Gasteiger partial charge on any atom is 0.267 e. The van der Waals surface area contributed by atoms with Crippen molar-refractivity contribution < 1.29 is 10.0 Å². The smallest absolute Gasteiger partial charge is 0.267 e. The number of carbonyl (C=O) groups excluding carboxylic acids is 1. The van der Waals surface area contributed by atoms with E-state index in [1.807, 2.05) is 0 Å². The van der Waals surface area contributed by atoms with Gasteiger partial charge in [-0.15, -0.1) is 24.8 Å². The van der Waals surface area contributed by atoms with Gasteiger partial charge < -0.3 is 10.2 Å². The number of rotatable bonds is 8. The molecule has 1 aromatic heterocycles. The number of halogens is 2. The Morgan fingerprint density at radius 2 is 2.04 bits per heavy atom. The van der Waals surface area contributed by atoms with Gasteiger partial charge in [0.1, 0.15) is 5.82 Å². The van der Waals surface area contributed by atoms with E-state index in [0.717, 1.165) is 19.0 Å². The van der Waals surface area contributed by atoms with Gasteiger partial charge in [0.15, 0.2) is 0 Å². The molecule has 2 rings (SSSR count). The second kappa shape index (κ2) is 12.9. The zero-order valence-electron chi connectivity index (χ0n) is 15.2. The average Bonchev–Trinajstić information content (AvgIpc) is 3.06. The van der Waals surface area contributed by atoms with Crippen LogP contribution in [0.3, 0.4) is 0 Å². The van der Waals surface area contributed by atoms with Crippen LogP contribution in [-0.2, 0) is 4.79 Å². The Labute approximate surface area is 167 Å². The SMILES string of the molecule is C[C@H](CN(C)CC1CCCC1)Nc1cnc(/C=C/C(=O)NO)cn1.Cl.Cl. The van der Waals surface area contributed by atoms with Gasteiger partial charge in [-0.2, -0.15) is 0 Å². The van der Waals surface area contributed by atoms with Crippen LogP contribution in [0, 0.1) is 5.92 Å². The maximum absolute atomic E-state index is 10.9. The van der Waals surface area contributed by atoms with Crippen molar-refractivity contribution in [3.63, 3.8) is 0 Å². The molecule has 1 amide bonds. The van der Waals surface area contributed by atoms with E-state index >= 15 is 0 Å². The summed E-state index contributed by atoms with van der Waals surface area (Å²) in [6.07, 6.45) is 11.4. The molecule has 1 aliphatic carbocycles. The molecule has 0 saturated heterocycles. The van der Waals surface area contributed by atoms with Crippen LogP contribution in [0.5, 0.6) is 0 Å². The molecule has 7 nitrogen and oxygen atoms in total. The third-order valence-corrected chi connectivity index (χ3v) is 4.21. The highest BCUT2D eigenvalue weighted by atomic mass is 35.5. The number of likely N-dealkylation sites (N-methyl/N-ethyl adjacent to an activating group) is 1. The van der Waals surface area contributed by atoms with Gasteiger partial charge in [0.05, 0.1) is 18.1 Å². The van der Waals surface area contributed by atoms with Gasteiger partial charge in [0, 0.05) is 25.2 Å². The largest absolute Gasteiger partial charge is 0.365 e. The van der Waals surface area contributed by atoms with Crippen molar-refractivity contribution in [1.82, 2.24) is 20.3 Å². The van der Waals surface area contributed by atoms with Crippen molar-refractivity contribution in [3.8, 4) is 0 Å². The Morgan fingerprint density at radius 1 is 1.35 bits per heavy atom. The van der Waals surface area contributed by atoms with E-state index in [4.69, 9.17) is 5.21 Å². The highest BCUT2D eigenvalue weighted by Crippen LogP contribution is 2.25. The van der Waals surface area contributed by atoms with Gasteiger partial charge in [-0.25, -0.2) is 10.5 Å². The van der Waals surface area contributed by atoms with Crippen LogP contribution in [0.15, 0.2) is 18.5 Å². The first kappa shape index (κ1) is 24.6. The second-order valence-electron chi connectivity index (χ2n) is 6.55. The molecule has 148 valence electrons. The summed E-state index contributed by atoms with van der Waals surface area (Å²) in [5, 5.41) is 11.8. The van der Waals surface area contributed by atoms with Gasteiger partial charge >= 0.3 is 0 Å². The lowest BCUT2D eigenvalue weighted by atomic mass is 10.1. The highest BCUT2D eigenvalue weighted by molar-refractivity contribution is 5.90. The maximum atomic E-state index is 10.9. The molecule has 0 spiro atoms. The molecule has 1 fully saturated rings. The first-order chi connectivity index (χ1) is 11.6. The summed E-state index contributed by atoms with van der Waals surface area (Å²) in [4.78, 5) is 21.8. The van der Waals surface area contributed by atoms with Crippen LogP contribution in [0.4, 0.5) is 5.82 Å². The topological polar surface area (TPSA) is 90.4 Å². The number of hydrogen-bond acceptors (Lipinski definition) is 6. The average molecular weight is 406 g/mol. The molecule has 0 aromatic carbocycles. The molecule has 9 heteroatoms. The molecular formula is C17H29Cl2N5O2.